The number of H-pyrrole nitrogens is 1. The predicted molar refractivity (Wildman–Crippen MR) is 80.7 cm³/mol. The van der Waals surface area contributed by atoms with E-state index in [0.29, 0.717) is 17.9 Å². The summed E-state index contributed by atoms with van der Waals surface area (Å²) in [6, 6.07) is 2.75. The molecule has 112 valence electrons. The first-order valence-corrected chi connectivity index (χ1v) is 7.65. The lowest BCUT2D eigenvalue weighted by Crippen LogP contribution is -2.46. The Labute approximate surface area is 121 Å². The van der Waals surface area contributed by atoms with Gasteiger partial charge in [-0.2, -0.15) is 5.10 Å². The minimum Gasteiger partial charge on any atom is -0.308 e. The van der Waals surface area contributed by atoms with Crippen molar-refractivity contribution in [1.82, 2.24) is 15.1 Å². The third-order valence-electron chi connectivity index (χ3n) is 4.25. The Balaban J connectivity index is 1.96. The molecule has 0 saturated carbocycles. The molecule has 1 aromatic rings. The van der Waals surface area contributed by atoms with Gasteiger partial charge < -0.3 is 5.32 Å². The van der Waals surface area contributed by atoms with Gasteiger partial charge in [0.25, 0.3) is 0 Å². The van der Waals surface area contributed by atoms with Gasteiger partial charge >= 0.3 is 0 Å². The molecule has 0 aliphatic carbocycles. The molecule has 3 unspecified atom stereocenters. The van der Waals surface area contributed by atoms with Gasteiger partial charge in [0, 0.05) is 23.8 Å². The fourth-order valence-corrected chi connectivity index (χ4v) is 3.17. The number of rotatable bonds is 5. The molecule has 1 aliphatic rings. The van der Waals surface area contributed by atoms with Crippen LogP contribution in [0.2, 0.25) is 0 Å². The third-order valence-corrected chi connectivity index (χ3v) is 4.25. The van der Waals surface area contributed by atoms with E-state index in [0.717, 1.165) is 18.5 Å². The Bertz CT molecular complexity index is 446. The third kappa shape index (κ3) is 3.20. The van der Waals surface area contributed by atoms with Crippen molar-refractivity contribution in [2.24, 2.45) is 0 Å². The SMILES string of the molecule is CCCc1cc(NC(=O)C(C)N2C(C)CCC2C)n[nH]1. The number of nitrogens with one attached hydrogen (secondary N) is 2. The summed E-state index contributed by atoms with van der Waals surface area (Å²) >= 11 is 0. The fraction of sp³-hybridized carbons (Fsp3) is 0.733. The van der Waals surface area contributed by atoms with E-state index < -0.39 is 0 Å². The minimum atomic E-state index is -0.117. The topological polar surface area (TPSA) is 61.0 Å². The quantitative estimate of drug-likeness (QED) is 0.870. The Morgan fingerprint density at radius 3 is 2.75 bits per heavy atom. The molecule has 0 aromatic carbocycles. The molecule has 1 fully saturated rings. The number of amides is 1. The van der Waals surface area contributed by atoms with Gasteiger partial charge in [-0.25, -0.2) is 0 Å². The van der Waals surface area contributed by atoms with Crippen LogP contribution in [0.5, 0.6) is 0 Å². The molecular formula is C15H26N4O. The molecule has 1 saturated heterocycles. The number of hydrogen-bond acceptors (Lipinski definition) is 3. The van der Waals surface area contributed by atoms with Crippen molar-refractivity contribution in [3.63, 3.8) is 0 Å². The number of anilines is 1. The number of aromatic amines is 1. The highest BCUT2D eigenvalue weighted by Crippen LogP contribution is 2.26. The average molecular weight is 278 g/mol. The maximum atomic E-state index is 12.4. The Kier molecular flexibility index (Phi) is 4.81. The van der Waals surface area contributed by atoms with E-state index in [4.69, 9.17) is 0 Å². The highest BCUT2D eigenvalue weighted by molar-refractivity contribution is 5.93. The van der Waals surface area contributed by atoms with Crippen LogP contribution in [0, 0.1) is 0 Å². The zero-order chi connectivity index (χ0) is 14.7. The average Bonchev–Trinajstić information content (AvgIpc) is 2.97. The van der Waals surface area contributed by atoms with Crippen LogP contribution in [0.15, 0.2) is 6.07 Å². The maximum Gasteiger partial charge on any atom is 0.242 e. The van der Waals surface area contributed by atoms with Crippen molar-refractivity contribution in [3.8, 4) is 0 Å². The number of hydrogen-bond donors (Lipinski definition) is 2. The lowest BCUT2D eigenvalue weighted by molar-refractivity contribution is -0.121. The molecule has 2 rings (SSSR count). The van der Waals surface area contributed by atoms with Crippen molar-refractivity contribution in [2.45, 2.75) is 71.5 Å². The summed E-state index contributed by atoms with van der Waals surface area (Å²) in [6.45, 7) is 8.49. The molecule has 0 radical (unpaired) electrons. The second-order valence-corrected chi connectivity index (χ2v) is 5.92. The molecule has 0 bridgehead atoms. The molecule has 5 nitrogen and oxygen atoms in total. The molecule has 2 N–H and O–H groups in total. The molecule has 1 aromatic heterocycles. The maximum absolute atomic E-state index is 12.4. The molecular weight excluding hydrogens is 252 g/mol. The van der Waals surface area contributed by atoms with Crippen LogP contribution >= 0.6 is 0 Å². The second kappa shape index (κ2) is 6.39. The van der Waals surface area contributed by atoms with Crippen LogP contribution in [0.4, 0.5) is 5.82 Å². The smallest absolute Gasteiger partial charge is 0.242 e. The number of aryl methyl sites for hydroxylation is 1. The number of nitrogens with zero attached hydrogens (tertiary/aromatic N) is 2. The highest BCUT2D eigenvalue weighted by atomic mass is 16.2. The lowest BCUT2D eigenvalue weighted by Gasteiger charge is -2.31. The lowest BCUT2D eigenvalue weighted by atomic mass is 10.2. The molecule has 2 heterocycles. The van der Waals surface area contributed by atoms with E-state index >= 15 is 0 Å². The van der Waals surface area contributed by atoms with Crippen LogP contribution in [0.3, 0.4) is 0 Å². The number of aromatic nitrogens is 2. The molecule has 1 aliphatic heterocycles. The highest BCUT2D eigenvalue weighted by Gasteiger charge is 2.34. The normalized spacial score (nSPS) is 24.8. The summed E-state index contributed by atoms with van der Waals surface area (Å²) < 4.78 is 0. The first-order valence-electron chi connectivity index (χ1n) is 7.65. The number of carbonyl (C=O) groups is 1. The molecule has 5 heteroatoms. The standard InChI is InChI=1S/C15H26N4O/c1-5-6-13-9-14(18-17-13)16-15(20)12(4)19-10(2)7-8-11(19)3/h9-12H,5-8H2,1-4H3,(H2,16,17,18,20). The van der Waals surface area contributed by atoms with Gasteiger partial charge in [-0.3, -0.25) is 14.8 Å². The van der Waals surface area contributed by atoms with E-state index in [9.17, 15) is 4.79 Å². The second-order valence-electron chi connectivity index (χ2n) is 5.92. The van der Waals surface area contributed by atoms with Gasteiger partial charge in [-0.05, 0) is 40.0 Å². The predicted octanol–water partition coefficient (Wildman–Crippen LogP) is 2.56. The van der Waals surface area contributed by atoms with Crippen LogP contribution < -0.4 is 5.32 Å². The van der Waals surface area contributed by atoms with Crippen LogP contribution in [-0.4, -0.2) is 39.1 Å². The van der Waals surface area contributed by atoms with E-state index in [1.165, 1.54) is 12.8 Å². The monoisotopic (exact) mass is 278 g/mol. The van der Waals surface area contributed by atoms with Gasteiger partial charge in [0.2, 0.25) is 5.91 Å². The van der Waals surface area contributed by atoms with Crippen molar-refractivity contribution >= 4 is 11.7 Å². The van der Waals surface area contributed by atoms with Crippen molar-refractivity contribution in [1.29, 1.82) is 0 Å². The summed E-state index contributed by atoms with van der Waals surface area (Å²) in [7, 11) is 0. The molecule has 20 heavy (non-hydrogen) atoms. The van der Waals surface area contributed by atoms with Gasteiger partial charge in [0.05, 0.1) is 6.04 Å². The van der Waals surface area contributed by atoms with Crippen LogP contribution in [0.1, 0.15) is 52.7 Å². The van der Waals surface area contributed by atoms with Crippen molar-refractivity contribution in [3.05, 3.63) is 11.8 Å². The molecule has 0 spiro atoms. The zero-order valence-electron chi connectivity index (χ0n) is 12.9. The molecule has 3 atom stereocenters. The Morgan fingerprint density at radius 2 is 2.15 bits per heavy atom. The van der Waals surface area contributed by atoms with Crippen LogP contribution in [0.25, 0.3) is 0 Å². The van der Waals surface area contributed by atoms with Gasteiger partial charge in [-0.1, -0.05) is 13.3 Å². The largest absolute Gasteiger partial charge is 0.308 e. The summed E-state index contributed by atoms with van der Waals surface area (Å²) in [4.78, 5) is 14.7. The minimum absolute atomic E-state index is 0.0279. The first-order chi connectivity index (χ1) is 9.52. The zero-order valence-corrected chi connectivity index (χ0v) is 12.9. The van der Waals surface area contributed by atoms with Crippen molar-refractivity contribution < 1.29 is 4.79 Å². The van der Waals surface area contributed by atoms with Gasteiger partial charge in [-0.15, -0.1) is 0 Å². The number of likely N-dealkylation sites (tertiary alicyclic amines) is 1. The van der Waals surface area contributed by atoms with E-state index in [-0.39, 0.29) is 11.9 Å². The van der Waals surface area contributed by atoms with Gasteiger partial charge in [0.1, 0.15) is 0 Å². The summed E-state index contributed by atoms with van der Waals surface area (Å²) in [5.41, 5.74) is 1.07. The van der Waals surface area contributed by atoms with E-state index in [1.807, 2.05) is 13.0 Å². The fourth-order valence-electron chi connectivity index (χ4n) is 3.17. The summed E-state index contributed by atoms with van der Waals surface area (Å²) in [5.74, 6) is 0.657. The van der Waals surface area contributed by atoms with Gasteiger partial charge in [0.15, 0.2) is 5.82 Å². The van der Waals surface area contributed by atoms with Crippen LogP contribution in [-0.2, 0) is 11.2 Å². The first kappa shape index (κ1) is 15.0. The summed E-state index contributed by atoms with van der Waals surface area (Å²) in [6.07, 6.45) is 4.36. The molecule has 1 amide bonds. The Hall–Kier alpha value is -1.36. The summed E-state index contributed by atoms with van der Waals surface area (Å²) in [5, 5.41) is 10.0. The van der Waals surface area contributed by atoms with E-state index in [1.54, 1.807) is 0 Å². The van der Waals surface area contributed by atoms with E-state index in [2.05, 4.69) is 41.2 Å². The van der Waals surface area contributed by atoms with Crippen molar-refractivity contribution in [2.75, 3.05) is 5.32 Å². The number of carbonyl (C=O) groups excluding carboxylic acids is 1. The Morgan fingerprint density at radius 1 is 1.50 bits per heavy atom.